The van der Waals surface area contributed by atoms with Crippen LogP contribution in [0, 0.1) is 0 Å². The summed E-state index contributed by atoms with van der Waals surface area (Å²) in [4.78, 5) is 27.7. The maximum atomic E-state index is 14.1. The molecule has 0 saturated carbocycles. The Labute approximate surface area is 156 Å². The molecule has 3 atom stereocenters. The van der Waals surface area contributed by atoms with Crippen LogP contribution in [0.5, 0.6) is 0 Å². The molecule has 1 aliphatic heterocycles. The van der Waals surface area contributed by atoms with Crippen LogP contribution in [-0.2, 0) is 4.74 Å². The molecule has 0 radical (unpaired) electrons. The highest BCUT2D eigenvalue weighted by molar-refractivity contribution is 6.30. The molecular formula is C16H14ClF2N3O5. The van der Waals surface area contributed by atoms with Crippen molar-refractivity contribution in [1.29, 1.82) is 0 Å². The molecule has 2 heterocycles. The fourth-order valence-corrected chi connectivity index (χ4v) is 2.70. The van der Waals surface area contributed by atoms with Gasteiger partial charge in [0.15, 0.2) is 6.10 Å². The second kappa shape index (κ2) is 7.31. The first-order chi connectivity index (χ1) is 12.7. The van der Waals surface area contributed by atoms with Crippen molar-refractivity contribution in [3.8, 4) is 0 Å². The van der Waals surface area contributed by atoms with Crippen molar-refractivity contribution in [2.24, 2.45) is 0 Å². The summed E-state index contributed by atoms with van der Waals surface area (Å²) in [7, 11) is 0. The van der Waals surface area contributed by atoms with E-state index in [1.54, 1.807) is 0 Å². The first-order valence-electron chi connectivity index (χ1n) is 7.72. The monoisotopic (exact) mass is 401 g/mol. The lowest BCUT2D eigenvalue weighted by atomic mass is 10.1. The van der Waals surface area contributed by atoms with Crippen molar-refractivity contribution < 1.29 is 28.5 Å². The maximum Gasteiger partial charge on any atom is 0.351 e. The molecule has 11 heteroatoms. The first kappa shape index (κ1) is 19.4. The molecule has 27 heavy (non-hydrogen) atoms. The van der Waals surface area contributed by atoms with Gasteiger partial charge in [0.25, 0.3) is 5.91 Å². The summed E-state index contributed by atoms with van der Waals surface area (Å²) in [6, 6.07) is 7.06. The van der Waals surface area contributed by atoms with Crippen molar-refractivity contribution in [3.05, 3.63) is 57.6 Å². The number of anilines is 1. The van der Waals surface area contributed by atoms with E-state index in [1.165, 1.54) is 24.3 Å². The highest BCUT2D eigenvalue weighted by Gasteiger charge is 2.59. The number of alkyl halides is 2. The zero-order valence-corrected chi connectivity index (χ0v) is 14.3. The van der Waals surface area contributed by atoms with E-state index in [9.17, 15) is 23.5 Å². The third-order valence-electron chi connectivity index (χ3n) is 3.99. The van der Waals surface area contributed by atoms with Crippen LogP contribution in [0.25, 0.3) is 0 Å². The van der Waals surface area contributed by atoms with Crippen LogP contribution in [0.3, 0.4) is 0 Å². The number of carbonyl (C=O) groups excluding carboxylic acids is 1. The number of ether oxygens (including phenoxy) is 1. The van der Waals surface area contributed by atoms with Crippen molar-refractivity contribution >= 4 is 23.3 Å². The van der Waals surface area contributed by atoms with Gasteiger partial charge in [0.05, 0.1) is 6.61 Å². The molecule has 1 aromatic carbocycles. The van der Waals surface area contributed by atoms with Gasteiger partial charge in [0.2, 0.25) is 6.23 Å². The van der Waals surface area contributed by atoms with Crippen LogP contribution in [0.2, 0.25) is 5.02 Å². The molecule has 1 saturated heterocycles. The molecule has 1 fully saturated rings. The molecular weight excluding hydrogens is 388 g/mol. The van der Waals surface area contributed by atoms with Crippen LogP contribution >= 0.6 is 11.6 Å². The molecule has 1 aliphatic rings. The van der Waals surface area contributed by atoms with Gasteiger partial charge in [0.1, 0.15) is 11.9 Å². The molecule has 1 amide bonds. The van der Waals surface area contributed by atoms with E-state index < -0.39 is 42.6 Å². The SMILES string of the molecule is O=C(Nc1ccn([C@@H]2O[C@H](CO)[C@@H](O)C2(F)F)c(=O)n1)c1ccc(Cl)cc1. The van der Waals surface area contributed by atoms with Gasteiger partial charge >= 0.3 is 11.6 Å². The molecule has 2 aromatic rings. The summed E-state index contributed by atoms with van der Waals surface area (Å²) in [5.74, 6) is -4.54. The average Bonchev–Trinajstić information content (AvgIpc) is 2.85. The zero-order valence-electron chi connectivity index (χ0n) is 13.6. The lowest BCUT2D eigenvalue weighted by Crippen LogP contribution is -2.41. The minimum absolute atomic E-state index is 0.156. The van der Waals surface area contributed by atoms with Crippen LogP contribution in [0.4, 0.5) is 14.6 Å². The van der Waals surface area contributed by atoms with Gasteiger partial charge in [0, 0.05) is 16.8 Å². The van der Waals surface area contributed by atoms with Gasteiger partial charge in [-0.3, -0.25) is 9.36 Å². The Morgan fingerprint density at radius 1 is 1.33 bits per heavy atom. The third-order valence-corrected chi connectivity index (χ3v) is 4.24. The third kappa shape index (κ3) is 3.69. The van der Waals surface area contributed by atoms with Gasteiger partial charge in [-0.15, -0.1) is 0 Å². The second-order valence-corrected chi connectivity index (χ2v) is 6.23. The van der Waals surface area contributed by atoms with E-state index in [0.717, 1.165) is 12.3 Å². The van der Waals surface area contributed by atoms with E-state index in [4.69, 9.17) is 21.4 Å². The minimum atomic E-state index is -3.81. The number of aliphatic hydroxyl groups excluding tert-OH is 2. The van der Waals surface area contributed by atoms with E-state index in [1.807, 2.05) is 0 Å². The number of aromatic nitrogens is 2. The Hall–Kier alpha value is -2.40. The summed E-state index contributed by atoms with van der Waals surface area (Å²) in [6.45, 7) is -0.843. The van der Waals surface area contributed by atoms with E-state index in [-0.39, 0.29) is 11.4 Å². The van der Waals surface area contributed by atoms with Crippen molar-refractivity contribution in [2.75, 3.05) is 11.9 Å². The highest BCUT2D eigenvalue weighted by Crippen LogP contribution is 2.41. The molecule has 8 nitrogen and oxygen atoms in total. The molecule has 144 valence electrons. The zero-order chi connectivity index (χ0) is 19.8. The fraction of sp³-hybridized carbons (Fsp3) is 0.312. The quantitative estimate of drug-likeness (QED) is 0.705. The van der Waals surface area contributed by atoms with Gasteiger partial charge in [-0.05, 0) is 30.3 Å². The number of hydrogen-bond donors (Lipinski definition) is 3. The average molecular weight is 402 g/mol. The van der Waals surface area contributed by atoms with E-state index in [0.29, 0.717) is 9.59 Å². The minimum Gasteiger partial charge on any atom is -0.394 e. The summed E-state index contributed by atoms with van der Waals surface area (Å²) < 4.78 is 33.6. The lowest BCUT2D eigenvalue weighted by Gasteiger charge is -2.21. The smallest absolute Gasteiger partial charge is 0.351 e. The Morgan fingerprint density at radius 2 is 2.00 bits per heavy atom. The Kier molecular flexibility index (Phi) is 5.24. The molecule has 0 bridgehead atoms. The van der Waals surface area contributed by atoms with Gasteiger partial charge in [-0.2, -0.15) is 13.8 Å². The highest BCUT2D eigenvalue weighted by atomic mass is 35.5. The second-order valence-electron chi connectivity index (χ2n) is 5.79. The normalized spacial score (nSPS) is 24.0. The van der Waals surface area contributed by atoms with Crippen LogP contribution in [0.1, 0.15) is 16.6 Å². The lowest BCUT2D eigenvalue weighted by molar-refractivity contribution is -0.140. The van der Waals surface area contributed by atoms with Gasteiger partial charge in [-0.1, -0.05) is 11.6 Å². The number of amides is 1. The Balaban J connectivity index is 1.81. The van der Waals surface area contributed by atoms with Crippen LogP contribution in [0.15, 0.2) is 41.3 Å². The Morgan fingerprint density at radius 3 is 2.56 bits per heavy atom. The molecule has 0 aliphatic carbocycles. The van der Waals surface area contributed by atoms with Crippen LogP contribution < -0.4 is 11.0 Å². The number of hydrogen-bond acceptors (Lipinski definition) is 6. The molecule has 1 aromatic heterocycles. The standard InChI is InChI=1S/C16H14ClF2N3O5/c17-9-3-1-8(2-4-9)13(25)20-11-5-6-22(15(26)21-11)14-16(18,19)12(24)10(7-23)27-14/h1-6,10,12,14,23-24H,7H2,(H,20,21,25,26)/t10-,12-,14-/m1/s1. The van der Waals surface area contributed by atoms with Crippen molar-refractivity contribution in [1.82, 2.24) is 9.55 Å². The number of rotatable bonds is 4. The predicted molar refractivity (Wildman–Crippen MR) is 89.9 cm³/mol. The number of benzene rings is 1. The summed E-state index contributed by atoms with van der Waals surface area (Å²) in [6.07, 6.45) is -4.99. The molecule has 3 rings (SSSR count). The van der Waals surface area contributed by atoms with Crippen molar-refractivity contribution in [2.45, 2.75) is 24.4 Å². The molecule has 3 N–H and O–H groups in total. The topological polar surface area (TPSA) is 114 Å². The first-order valence-corrected chi connectivity index (χ1v) is 8.10. The Bertz CT molecular complexity index is 906. The van der Waals surface area contributed by atoms with Crippen molar-refractivity contribution in [3.63, 3.8) is 0 Å². The van der Waals surface area contributed by atoms with Gasteiger partial charge in [-0.25, -0.2) is 4.79 Å². The number of halogens is 3. The predicted octanol–water partition coefficient (Wildman–Crippen LogP) is 1.03. The largest absolute Gasteiger partial charge is 0.394 e. The number of nitrogens with one attached hydrogen (secondary N) is 1. The van der Waals surface area contributed by atoms with E-state index >= 15 is 0 Å². The summed E-state index contributed by atoms with van der Waals surface area (Å²) in [5, 5.41) is 21.3. The fourth-order valence-electron chi connectivity index (χ4n) is 2.57. The maximum absolute atomic E-state index is 14.1. The van der Waals surface area contributed by atoms with Crippen LogP contribution in [-0.4, -0.2) is 50.4 Å². The van der Waals surface area contributed by atoms with E-state index in [2.05, 4.69) is 10.3 Å². The molecule has 0 spiro atoms. The summed E-state index contributed by atoms with van der Waals surface area (Å²) >= 11 is 5.74. The number of nitrogens with zero attached hydrogens (tertiary/aromatic N) is 2. The van der Waals surface area contributed by atoms with Gasteiger partial charge < -0.3 is 20.3 Å². The molecule has 0 unspecified atom stereocenters. The number of carbonyl (C=O) groups is 1. The summed E-state index contributed by atoms with van der Waals surface area (Å²) in [5.41, 5.74) is -0.871. The number of aliphatic hydroxyl groups is 2.